The highest BCUT2D eigenvalue weighted by molar-refractivity contribution is 7.92. The average Bonchev–Trinajstić information content (AvgIpc) is 2.85. The number of hydrogen-bond acceptors (Lipinski definition) is 6. The lowest BCUT2D eigenvalue weighted by molar-refractivity contribution is -0.139. The number of carbonyl (C=O) groups is 2. The summed E-state index contributed by atoms with van der Waals surface area (Å²) in [5.74, 6) is -0.386. The summed E-state index contributed by atoms with van der Waals surface area (Å²) in [6.07, 6.45) is 1.69. The zero-order valence-electron chi connectivity index (χ0n) is 21.7. The van der Waals surface area contributed by atoms with Crippen LogP contribution in [-0.4, -0.2) is 64.2 Å². The topological polar surface area (TPSA) is 105 Å². The molecule has 0 saturated carbocycles. The molecule has 0 bridgehead atoms. The maximum atomic E-state index is 13.7. The van der Waals surface area contributed by atoms with E-state index in [1.807, 2.05) is 13.8 Å². The van der Waals surface area contributed by atoms with Gasteiger partial charge in [-0.15, -0.1) is 0 Å². The van der Waals surface area contributed by atoms with Crippen molar-refractivity contribution < 1.29 is 27.5 Å². The highest BCUT2D eigenvalue weighted by atomic mass is 35.5. The fraction of sp³-hybridized carbons (Fsp3) is 0.440. The number of nitrogens with one attached hydrogen (secondary N) is 1. The van der Waals surface area contributed by atoms with E-state index in [0.29, 0.717) is 27.8 Å². The summed E-state index contributed by atoms with van der Waals surface area (Å²) in [7, 11) is -1.12. The zero-order chi connectivity index (χ0) is 27.9. The number of halogens is 2. The van der Waals surface area contributed by atoms with Crippen molar-refractivity contribution in [1.82, 2.24) is 10.2 Å². The fourth-order valence-electron chi connectivity index (χ4n) is 3.47. The maximum Gasteiger partial charge on any atom is 0.244 e. The minimum absolute atomic E-state index is 0.0449. The molecule has 2 rings (SSSR count). The van der Waals surface area contributed by atoms with E-state index in [1.54, 1.807) is 31.2 Å². The first-order valence-electron chi connectivity index (χ1n) is 11.6. The number of sulfonamides is 1. The quantitative estimate of drug-likeness (QED) is 0.409. The molecule has 12 heteroatoms. The van der Waals surface area contributed by atoms with Crippen molar-refractivity contribution in [2.24, 2.45) is 0 Å². The van der Waals surface area contributed by atoms with E-state index >= 15 is 0 Å². The van der Waals surface area contributed by atoms with Gasteiger partial charge in [-0.3, -0.25) is 13.9 Å². The standard InChI is InChI=1S/C25H33Cl2N3O6S/c1-7-16(2)28-25(32)17(3)29(14-18-8-9-19(26)12-21(18)27)24(31)15-30(37(6,33)34)22-13-20(35-4)10-11-23(22)36-5/h8-13,16-17H,7,14-15H2,1-6H3,(H,28,32). The van der Waals surface area contributed by atoms with Crippen LogP contribution in [-0.2, 0) is 26.2 Å². The Morgan fingerprint density at radius 2 is 1.73 bits per heavy atom. The van der Waals surface area contributed by atoms with Crippen LogP contribution in [0, 0.1) is 0 Å². The molecule has 2 unspecified atom stereocenters. The lowest BCUT2D eigenvalue weighted by Gasteiger charge is -2.32. The van der Waals surface area contributed by atoms with Gasteiger partial charge < -0.3 is 19.7 Å². The first-order valence-corrected chi connectivity index (χ1v) is 14.2. The van der Waals surface area contributed by atoms with Crippen molar-refractivity contribution in [2.75, 3.05) is 31.3 Å². The number of methoxy groups -OCH3 is 2. The van der Waals surface area contributed by atoms with E-state index in [-0.39, 0.29) is 29.9 Å². The molecule has 2 aromatic rings. The molecular formula is C25H33Cl2N3O6S. The molecule has 0 heterocycles. The smallest absolute Gasteiger partial charge is 0.244 e. The number of hydrogen-bond donors (Lipinski definition) is 1. The summed E-state index contributed by atoms with van der Waals surface area (Å²) in [6.45, 7) is 4.73. The molecule has 0 radical (unpaired) electrons. The summed E-state index contributed by atoms with van der Waals surface area (Å²) in [6, 6.07) is 8.40. The van der Waals surface area contributed by atoms with Crippen LogP contribution in [0.4, 0.5) is 5.69 Å². The molecule has 0 aliphatic carbocycles. The van der Waals surface area contributed by atoms with Gasteiger partial charge in [0.2, 0.25) is 21.8 Å². The molecule has 204 valence electrons. The Bertz CT molecular complexity index is 1220. The third-order valence-corrected chi connectivity index (χ3v) is 7.57. The van der Waals surface area contributed by atoms with Gasteiger partial charge in [-0.1, -0.05) is 36.2 Å². The minimum Gasteiger partial charge on any atom is -0.497 e. The van der Waals surface area contributed by atoms with E-state index < -0.39 is 28.5 Å². The molecule has 9 nitrogen and oxygen atoms in total. The third kappa shape index (κ3) is 8.15. The van der Waals surface area contributed by atoms with E-state index in [1.165, 1.54) is 31.3 Å². The van der Waals surface area contributed by atoms with Crippen molar-refractivity contribution in [3.63, 3.8) is 0 Å². The Morgan fingerprint density at radius 1 is 1.05 bits per heavy atom. The Hall–Kier alpha value is -2.69. The number of benzene rings is 2. The van der Waals surface area contributed by atoms with E-state index in [9.17, 15) is 18.0 Å². The number of ether oxygens (including phenoxy) is 2. The normalized spacial score (nSPS) is 12.9. The largest absolute Gasteiger partial charge is 0.497 e. The molecule has 0 aromatic heterocycles. The monoisotopic (exact) mass is 573 g/mol. The van der Waals surface area contributed by atoms with Crippen LogP contribution in [0.2, 0.25) is 10.0 Å². The van der Waals surface area contributed by atoms with Gasteiger partial charge in [0.25, 0.3) is 0 Å². The predicted octanol–water partition coefficient (Wildman–Crippen LogP) is 4.11. The van der Waals surface area contributed by atoms with Gasteiger partial charge in [-0.25, -0.2) is 8.42 Å². The molecule has 37 heavy (non-hydrogen) atoms. The van der Waals surface area contributed by atoms with Crippen LogP contribution in [0.3, 0.4) is 0 Å². The first kappa shape index (κ1) is 30.5. The second-order valence-electron chi connectivity index (χ2n) is 8.56. The second-order valence-corrected chi connectivity index (χ2v) is 11.3. The molecule has 0 fully saturated rings. The molecule has 0 spiro atoms. The summed E-state index contributed by atoms with van der Waals surface area (Å²) in [4.78, 5) is 28.0. The van der Waals surface area contributed by atoms with Gasteiger partial charge in [0.15, 0.2) is 0 Å². The highest BCUT2D eigenvalue weighted by Crippen LogP contribution is 2.34. The summed E-state index contributed by atoms with van der Waals surface area (Å²) in [5.41, 5.74) is 0.673. The van der Waals surface area contributed by atoms with Crippen LogP contribution in [0.25, 0.3) is 0 Å². The van der Waals surface area contributed by atoms with Gasteiger partial charge in [-0.2, -0.15) is 0 Å². The van der Waals surface area contributed by atoms with Gasteiger partial charge >= 0.3 is 0 Å². The number of rotatable bonds is 12. The Labute approximate surface area is 228 Å². The lowest BCUT2D eigenvalue weighted by Crippen LogP contribution is -2.52. The van der Waals surface area contributed by atoms with Crippen LogP contribution in [0.5, 0.6) is 11.5 Å². The SMILES string of the molecule is CCC(C)NC(=O)C(C)N(Cc1ccc(Cl)cc1Cl)C(=O)CN(c1cc(OC)ccc1OC)S(C)(=O)=O. The summed E-state index contributed by atoms with van der Waals surface area (Å²) in [5, 5.41) is 3.60. The second kappa shape index (κ2) is 13.2. The molecule has 1 N–H and O–H groups in total. The Balaban J connectivity index is 2.51. The van der Waals surface area contributed by atoms with E-state index in [4.69, 9.17) is 32.7 Å². The number of anilines is 1. The van der Waals surface area contributed by atoms with Gasteiger partial charge in [-0.05, 0) is 50.1 Å². The van der Waals surface area contributed by atoms with Gasteiger partial charge in [0.1, 0.15) is 24.1 Å². The fourth-order valence-corrected chi connectivity index (χ4v) is 4.78. The number of nitrogens with zero attached hydrogens (tertiary/aromatic N) is 2. The average molecular weight is 575 g/mol. The molecule has 0 aliphatic heterocycles. The van der Waals surface area contributed by atoms with Gasteiger partial charge in [0, 0.05) is 28.7 Å². The molecule has 0 aliphatic rings. The number of amides is 2. The van der Waals surface area contributed by atoms with Crippen molar-refractivity contribution >= 4 is 50.7 Å². The molecule has 0 saturated heterocycles. The predicted molar refractivity (Wildman–Crippen MR) is 146 cm³/mol. The van der Waals surface area contributed by atoms with Crippen molar-refractivity contribution in [1.29, 1.82) is 0 Å². The Morgan fingerprint density at radius 3 is 2.27 bits per heavy atom. The Kier molecular flexibility index (Phi) is 10.9. The van der Waals surface area contributed by atoms with Crippen molar-refractivity contribution in [2.45, 2.75) is 45.8 Å². The summed E-state index contributed by atoms with van der Waals surface area (Å²) < 4.78 is 37.2. The lowest BCUT2D eigenvalue weighted by atomic mass is 10.1. The molecule has 2 amide bonds. The van der Waals surface area contributed by atoms with Gasteiger partial charge in [0.05, 0.1) is 26.2 Å². The molecule has 2 atom stereocenters. The first-order chi connectivity index (χ1) is 17.3. The highest BCUT2D eigenvalue weighted by Gasteiger charge is 2.32. The van der Waals surface area contributed by atoms with Crippen molar-refractivity contribution in [3.8, 4) is 11.5 Å². The molecular weight excluding hydrogens is 541 g/mol. The van der Waals surface area contributed by atoms with Crippen molar-refractivity contribution in [3.05, 3.63) is 52.0 Å². The minimum atomic E-state index is -3.95. The van der Waals surface area contributed by atoms with E-state index in [2.05, 4.69) is 5.32 Å². The summed E-state index contributed by atoms with van der Waals surface area (Å²) >= 11 is 12.4. The zero-order valence-corrected chi connectivity index (χ0v) is 24.1. The maximum absolute atomic E-state index is 13.7. The van der Waals surface area contributed by atoms with Crippen LogP contribution < -0.4 is 19.1 Å². The van der Waals surface area contributed by atoms with Crippen LogP contribution >= 0.6 is 23.2 Å². The van der Waals surface area contributed by atoms with E-state index in [0.717, 1.165) is 10.6 Å². The molecule has 2 aromatic carbocycles. The number of carbonyl (C=O) groups excluding carboxylic acids is 2. The third-order valence-electron chi connectivity index (χ3n) is 5.86. The van der Waals surface area contributed by atoms with Crippen LogP contribution in [0.15, 0.2) is 36.4 Å². The van der Waals surface area contributed by atoms with Crippen LogP contribution in [0.1, 0.15) is 32.8 Å².